The fraction of sp³-hybridized carbons (Fsp3) is 0.217. The molecule has 120 valence electrons. The second-order valence-corrected chi connectivity index (χ2v) is 6.93. The molecule has 0 spiro atoms. The molecular weight excluding hydrogens is 290 g/mol. The van der Waals surface area contributed by atoms with Crippen LogP contribution in [0.15, 0.2) is 72.8 Å². The topological polar surface area (TPSA) is 3.24 Å². The molecule has 1 heteroatoms. The Balaban J connectivity index is 1.83. The first-order valence-electron chi connectivity index (χ1n) is 8.62. The second kappa shape index (κ2) is 5.83. The molecule has 24 heavy (non-hydrogen) atoms. The van der Waals surface area contributed by atoms with Crippen LogP contribution >= 0.6 is 0 Å². The minimum absolute atomic E-state index is 0.426. The lowest BCUT2D eigenvalue weighted by atomic mass is 9.81. The number of nitrogens with zero attached hydrogens (tertiary/aromatic N) is 1. The van der Waals surface area contributed by atoms with Crippen LogP contribution in [0.5, 0.6) is 0 Å². The van der Waals surface area contributed by atoms with Gasteiger partial charge >= 0.3 is 0 Å². The quantitative estimate of drug-likeness (QED) is 0.602. The van der Waals surface area contributed by atoms with Crippen LogP contribution in [0.1, 0.15) is 35.4 Å². The Morgan fingerprint density at radius 3 is 1.92 bits per heavy atom. The maximum absolute atomic E-state index is 2.36. The van der Waals surface area contributed by atoms with Gasteiger partial charge in [0, 0.05) is 25.7 Å². The zero-order valence-corrected chi connectivity index (χ0v) is 14.5. The van der Waals surface area contributed by atoms with Gasteiger partial charge in [0.2, 0.25) is 0 Å². The molecule has 1 aliphatic carbocycles. The first-order chi connectivity index (χ1) is 11.7. The fourth-order valence-corrected chi connectivity index (χ4v) is 4.01. The summed E-state index contributed by atoms with van der Waals surface area (Å²) in [5.74, 6) is 0.865. The summed E-state index contributed by atoms with van der Waals surface area (Å²) < 4.78 is 0. The molecule has 0 saturated heterocycles. The molecule has 1 nitrogen and oxygen atoms in total. The van der Waals surface area contributed by atoms with Gasteiger partial charge in [0.25, 0.3) is 0 Å². The lowest BCUT2D eigenvalue weighted by Crippen LogP contribution is -2.11. The molecule has 0 radical (unpaired) electrons. The Morgan fingerprint density at radius 2 is 1.33 bits per heavy atom. The van der Waals surface area contributed by atoms with Crippen LogP contribution < -0.4 is 4.90 Å². The highest BCUT2D eigenvalue weighted by Gasteiger charge is 2.32. The van der Waals surface area contributed by atoms with Crippen LogP contribution in [-0.2, 0) is 0 Å². The largest absolute Gasteiger partial charge is 0.378 e. The van der Waals surface area contributed by atoms with Gasteiger partial charge in [-0.15, -0.1) is 0 Å². The van der Waals surface area contributed by atoms with E-state index in [9.17, 15) is 0 Å². The van der Waals surface area contributed by atoms with E-state index < -0.39 is 0 Å². The zero-order chi connectivity index (χ0) is 16.7. The monoisotopic (exact) mass is 313 g/mol. The van der Waals surface area contributed by atoms with E-state index in [1.807, 2.05) is 0 Å². The molecule has 3 aromatic carbocycles. The summed E-state index contributed by atoms with van der Waals surface area (Å²) in [5.41, 5.74) is 8.38. The number of hydrogen-bond acceptors (Lipinski definition) is 1. The highest BCUT2D eigenvalue weighted by Crippen LogP contribution is 2.50. The average molecular weight is 313 g/mol. The third-order valence-corrected chi connectivity index (χ3v) is 5.29. The van der Waals surface area contributed by atoms with E-state index in [0.29, 0.717) is 11.8 Å². The Hall–Kier alpha value is -2.54. The van der Waals surface area contributed by atoms with Crippen LogP contribution in [-0.4, -0.2) is 14.1 Å². The fourth-order valence-electron chi connectivity index (χ4n) is 4.01. The predicted octanol–water partition coefficient (Wildman–Crippen LogP) is 5.67. The maximum atomic E-state index is 2.36. The molecule has 0 heterocycles. The summed E-state index contributed by atoms with van der Waals surface area (Å²) in [4.78, 5) is 2.17. The van der Waals surface area contributed by atoms with Crippen molar-refractivity contribution in [2.75, 3.05) is 19.0 Å². The molecule has 0 aliphatic heterocycles. The molecule has 1 atom stereocenters. The van der Waals surface area contributed by atoms with E-state index in [1.54, 1.807) is 0 Å². The molecule has 1 unspecified atom stereocenters. The first-order valence-corrected chi connectivity index (χ1v) is 8.62. The Bertz CT molecular complexity index is 833. The minimum Gasteiger partial charge on any atom is -0.378 e. The van der Waals surface area contributed by atoms with Crippen molar-refractivity contribution in [1.82, 2.24) is 0 Å². The minimum atomic E-state index is 0.426. The van der Waals surface area contributed by atoms with Crippen molar-refractivity contribution >= 4 is 5.69 Å². The van der Waals surface area contributed by atoms with Crippen molar-refractivity contribution in [3.63, 3.8) is 0 Å². The van der Waals surface area contributed by atoms with Gasteiger partial charge in [0.05, 0.1) is 0 Å². The highest BCUT2D eigenvalue weighted by atomic mass is 15.1. The van der Waals surface area contributed by atoms with E-state index in [-0.39, 0.29) is 0 Å². The summed E-state index contributed by atoms with van der Waals surface area (Å²) >= 11 is 0. The van der Waals surface area contributed by atoms with Gasteiger partial charge in [-0.25, -0.2) is 0 Å². The van der Waals surface area contributed by atoms with Gasteiger partial charge in [0.15, 0.2) is 0 Å². The van der Waals surface area contributed by atoms with E-state index in [4.69, 9.17) is 0 Å². The molecule has 0 bridgehead atoms. The molecule has 0 fully saturated rings. The second-order valence-electron chi connectivity index (χ2n) is 6.93. The van der Waals surface area contributed by atoms with Crippen molar-refractivity contribution < 1.29 is 0 Å². The molecule has 0 saturated carbocycles. The number of fused-ring (bicyclic) bond motifs is 3. The normalized spacial score (nSPS) is 14.1. The van der Waals surface area contributed by atoms with Crippen LogP contribution in [0.3, 0.4) is 0 Å². The third-order valence-electron chi connectivity index (χ3n) is 5.29. The van der Waals surface area contributed by atoms with Crippen molar-refractivity contribution in [2.45, 2.75) is 18.8 Å². The summed E-state index contributed by atoms with van der Waals surface area (Å²) in [5, 5.41) is 0. The first kappa shape index (κ1) is 15.0. The highest BCUT2D eigenvalue weighted by molar-refractivity contribution is 5.79. The Kier molecular flexibility index (Phi) is 3.65. The van der Waals surface area contributed by atoms with E-state index in [2.05, 4.69) is 98.7 Å². The van der Waals surface area contributed by atoms with Gasteiger partial charge in [-0.2, -0.15) is 0 Å². The average Bonchev–Trinajstić information content (AvgIpc) is 2.96. The summed E-state index contributed by atoms with van der Waals surface area (Å²) in [6.45, 7) is 2.36. The number of rotatable bonds is 3. The maximum Gasteiger partial charge on any atom is 0.0363 e. The number of anilines is 1. The number of benzene rings is 3. The molecule has 1 aliphatic rings. The SMILES string of the molecule is CC(c1cccc(N(C)C)c1)C1c2ccccc2-c2ccccc21. The molecule has 0 N–H and O–H groups in total. The predicted molar refractivity (Wildman–Crippen MR) is 103 cm³/mol. The summed E-state index contributed by atoms with van der Waals surface area (Å²) in [7, 11) is 4.20. The van der Waals surface area contributed by atoms with Crippen molar-refractivity contribution in [1.29, 1.82) is 0 Å². The van der Waals surface area contributed by atoms with Gasteiger partial charge in [-0.3, -0.25) is 0 Å². The van der Waals surface area contributed by atoms with Crippen molar-refractivity contribution in [2.24, 2.45) is 0 Å². The van der Waals surface area contributed by atoms with Crippen molar-refractivity contribution in [3.8, 4) is 11.1 Å². The third kappa shape index (κ3) is 2.32. The molecule has 4 rings (SSSR count). The Labute approximate surface area is 144 Å². The van der Waals surface area contributed by atoms with Crippen LogP contribution in [0.25, 0.3) is 11.1 Å². The van der Waals surface area contributed by atoms with Crippen LogP contribution in [0.2, 0.25) is 0 Å². The smallest absolute Gasteiger partial charge is 0.0363 e. The Morgan fingerprint density at radius 1 is 0.750 bits per heavy atom. The van der Waals surface area contributed by atoms with E-state index in [1.165, 1.54) is 33.5 Å². The standard InChI is InChI=1S/C23H23N/c1-16(17-9-8-10-18(15-17)24(2)3)23-21-13-6-4-11-19(21)20-12-5-7-14-22(20)23/h4-16,23H,1-3H3. The zero-order valence-electron chi connectivity index (χ0n) is 14.5. The summed E-state index contributed by atoms with van der Waals surface area (Å²) in [6.07, 6.45) is 0. The molecular formula is C23H23N. The van der Waals surface area contributed by atoms with Gasteiger partial charge < -0.3 is 4.90 Å². The van der Waals surface area contributed by atoms with Crippen molar-refractivity contribution in [3.05, 3.63) is 89.5 Å². The summed E-state index contributed by atoms with van der Waals surface area (Å²) in [6, 6.07) is 26.7. The lowest BCUT2D eigenvalue weighted by molar-refractivity contribution is 0.670. The molecule has 0 aromatic heterocycles. The van der Waals surface area contributed by atoms with Gasteiger partial charge in [-0.05, 0) is 45.9 Å². The molecule has 3 aromatic rings. The van der Waals surface area contributed by atoms with Crippen LogP contribution in [0, 0.1) is 0 Å². The number of hydrogen-bond donors (Lipinski definition) is 0. The van der Waals surface area contributed by atoms with E-state index >= 15 is 0 Å². The van der Waals surface area contributed by atoms with Crippen LogP contribution in [0.4, 0.5) is 5.69 Å². The van der Waals surface area contributed by atoms with Gasteiger partial charge in [0.1, 0.15) is 0 Å². The molecule has 0 amide bonds. The lowest BCUT2D eigenvalue weighted by Gasteiger charge is -2.24. The van der Waals surface area contributed by atoms with Gasteiger partial charge in [-0.1, -0.05) is 67.6 Å². The van der Waals surface area contributed by atoms with E-state index in [0.717, 1.165) is 0 Å².